The third kappa shape index (κ3) is 2.64. The molecule has 2 heteroatoms. The van der Waals surface area contributed by atoms with E-state index in [1.54, 1.807) is 0 Å². The maximum atomic E-state index is 6.55. The molecule has 1 aromatic carbocycles. The molecule has 19 heavy (non-hydrogen) atoms. The van der Waals surface area contributed by atoms with Crippen LogP contribution in [0, 0.1) is 17.8 Å². The standard InChI is InChI=1S/C17H25NO/c1-11-7-12(2)9-15(8-11)17(18)14-3-4-16-13(10-14)5-6-19-16/h3-4,10-12,15,17H,5-9,18H2,1-2H3. The number of benzene rings is 1. The highest BCUT2D eigenvalue weighted by atomic mass is 16.5. The van der Waals surface area contributed by atoms with E-state index < -0.39 is 0 Å². The van der Waals surface area contributed by atoms with Gasteiger partial charge in [0.05, 0.1) is 6.61 Å². The molecule has 0 saturated heterocycles. The summed E-state index contributed by atoms with van der Waals surface area (Å²) in [5, 5.41) is 0. The summed E-state index contributed by atoms with van der Waals surface area (Å²) in [5.74, 6) is 3.33. The van der Waals surface area contributed by atoms with Crippen LogP contribution in [0.4, 0.5) is 0 Å². The second-order valence-corrected chi connectivity index (χ2v) is 6.67. The van der Waals surface area contributed by atoms with E-state index in [4.69, 9.17) is 10.5 Å². The molecule has 0 aromatic heterocycles. The zero-order chi connectivity index (χ0) is 13.4. The summed E-state index contributed by atoms with van der Waals surface area (Å²) in [4.78, 5) is 0. The van der Waals surface area contributed by atoms with Gasteiger partial charge in [-0.05, 0) is 54.2 Å². The van der Waals surface area contributed by atoms with Gasteiger partial charge >= 0.3 is 0 Å². The van der Waals surface area contributed by atoms with Gasteiger partial charge in [0, 0.05) is 12.5 Å². The highest BCUT2D eigenvalue weighted by Gasteiger charge is 2.29. The van der Waals surface area contributed by atoms with E-state index in [0.717, 1.165) is 30.6 Å². The van der Waals surface area contributed by atoms with Crippen LogP contribution in [0.15, 0.2) is 18.2 Å². The first-order chi connectivity index (χ1) is 9.13. The summed E-state index contributed by atoms with van der Waals surface area (Å²) in [7, 11) is 0. The Labute approximate surface area is 116 Å². The van der Waals surface area contributed by atoms with Crippen molar-refractivity contribution in [2.24, 2.45) is 23.5 Å². The number of hydrogen-bond acceptors (Lipinski definition) is 2. The predicted octanol–water partition coefficient (Wildman–Crippen LogP) is 3.69. The minimum absolute atomic E-state index is 0.191. The highest BCUT2D eigenvalue weighted by molar-refractivity contribution is 5.40. The Balaban J connectivity index is 1.77. The van der Waals surface area contributed by atoms with E-state index in [1.807, 2.05) is 0 Å². The number of ether oxygens (including phenoxy) is 1. The Morgan fingerprint density at radius 3 is 2.63 bits per heavy atom. The van der Waals surface area contributed by atoms with Crippen LogP contribution in [0.2, 0.25) is 0 Å². The average Bonchev–Trinajstić information content (AvgIpc) is 2.83. The van der Waals surface area contributed by atoms with Crippen molar-refractivity contribution >= 4 is 0 Å². The van der Waals surface area contributed by atoms with Crippen molar-refractivity contribution in [2.75, 3.05) is 6.61 Å². The summed E-state index contributed by atoms with van der Waals surface area (Å²) in [6.07, 6.45) is 4.95. The van der Waals surface area contributed by atoms with Crippen LogP contribution in [0.1, 0.15) is 50.3 Å². The Hall–Kier alpha value is -1.02. The Kier molecular flexibility index (Phi) is 3.53. The molecule has 0 bridgehead atoms. The van der Waals surface area contributed by atoms with Gasteiger partial charge in [-0.2, -0.15) is 0 Å². The largest absolute Gasteiger partial charge is 0.493 e. The molecule has 0 spiro atoms. The maximum Gasteiger partial charge on any atom is 0.122 e. The first kappa shape index (κ1) is 13.0. The van der Waals surface area contributed by atoms with Crippen molar-refractivity contribution in [3.05, 3.63) is 29.3 Å². The van der Waals surface area contributed by atoms with Crippen molar-refractivity contribution in [2.45, 2.75) is 45.6 Å². The van der Waals surface area contributed by atoms with Gasteiger partial charge in [0.1, 0.15) is 5.75 Å². The van der Waals surface area contributed by atoms with Crippen LogP contribution >= 0.6 is 0 Å². The zero-order valence-corrected chi connectivity index (χ0v) is 12.1. The molecule has 3 unspecified atom stereocenters. The van der Waals surface area contributed by atoms with Gasteiger partial charge in [-0.15, -0.1) is 0 Å². The van der Waals surface area contributed by atoms with Crippen LogP contribution in [0.25, 0.3) is 0 Å². The fraction of sp³-hybridized carbons (Fsp3) is 0.647. The van der Waals surface area contributed by atoms with Gasteiger partial charge in [0.25, 0.3) is 0 Å². The summed E-state index contributed by atoms with van der Waals surface area (Å²) in [6, 6.07) is 6.74. The van der Waals surface area contributed by atoms with Crippen molar-refractivity contribution in [3.8, 4) is 5.75 Å². The van der Waals surface area contributed by atoms with Crippen LogP contribution in [0.5, 0.6) is 5.75 Å². The van der Waals surface area contributed by atoms with Crippen LogP contribution < -0.4 is 10.5 Å². The van der Waals surface area contributed by atoms with Gasteiger partial charge in [-0.25, -0.2) is 0 Å². The molecule has 2 aliphatic rings. The molecule has 1 aromatic rings. The Bertz CT molecular complexity index is 447. The molecule has 1 saturated carbocycles. The molecule has 3 atom stereocenters. The summed E-state index contributed by atoms with van der Waals surface area (Å²) in [6.45, 7) is 5.56. The summed E-state index contributed by atoms with van der Waals surface area (Å²) >= 11 is 0. The predicted molar refractivity (Wildman–Crippen MR) is 78.2 cm³/mol. The molecule has 0 radical (unpaired) electrons. The first-order valence-electron chi connectivity index (χ1n) is 7.64. The molecular weight excluding hydrogens is 234 g/mol. The maximum absolute atomic E-state index is 6.55. The molecule has 1 aliphatic carbocycles. The molecule has 1 aliphatic heterocycles. The number of rotatable bonds is 2. The van der Waals surface area contributed by atoms with E-state index in [-0.39, 0.29) is 6.04 Å². The van der Waals surface area contributed by atoms with E-state index in [1.165, 1.54) is 30.4 Å². The van der Waals surface area contributed by atoms with Gasteiger partial charge in [-0.3, -0.25) is 0 Å². The second-order valence-electron chi connectivity index (χ2n) is 6.67. The Morgan fingerprint density at radius 1 is 1.16 bits per heavy atom. The van der Waals surface area contributed by atoms with E-state index in [0.29, 0.717) is 5.92 Å². The van der Waals surface area contributed by atoms with E-state index in [9.17, 15) is 0 Å². The Morgan fingerprint density at radius 2 is 1.89 bits per heavy atom. The second kappa shape index (κ2) is 5.16. The minimum Gasteiger partial charge on any atom is -0.493 e. The first-order valence-corrected chi connectivity index (χ1v) is 7.64. The third-order valence-corrected chi connectivity index (χ3v) is 4.82. The fourth-order valence-corrected chi connectivity index (χ4v) is 3.99. The lowest BCUT2D eigenvalue weighted by Crippen LogP contribution is -2.29. The molecule has 2 N–H and O–H groups in total. The molecule has 3 rings (SSSR count). The van der Waals surface area contributed by atoms with Crippen molar-refractivity contribution in [1.82, 2.24) is 0 Å². The van der Waals surface area contributed by atoms with Crippen molar-refractivity contribution in [3.63, 3.8) is 0 Å². The summed E-state index contributed by atoms with van der Waals surface area (Å²) in [5.41, 5.74) is 9.19. The van der Waals surface area contributed by atoms with E-state index in [2.05, 4.69) is 32.0 Å². The average molecular weight is 259 g/mol. The lowest BCUT2D eigenvalue weighted by atomic mass is 9.72. The van der Waals surface area contributed by atoms with Crippen LogP contribution in [0.3, 0.4) is 0 Å². The highest BCUT2D eigenvalue weighted by Crippen LogP contribution is 2.39. The molecule has 0 amide bonds. The smallest absolute Gasteiger partial charge is 0.122 e. The van der Waals surface area contributed by atoms with E-state index >= 15 is 0 Å². The molecule has 2 nitrogen and oxygen atoms in total. The number of fused-ring (bicyclic) bond motifs is 1. The fourth-order valence-electron chi connectivity index (χ4n) is 3.99. The zero-order valence-electron chi connectivity index (χ0n) is 12.1. The van der Waals surface area contributed by atoms with Gasteiger partial charge in [-0.1, -0.05) is 26.0 Å². The third-order valence-electron chi connectivity index (χ3n) is 4.82. The number of nitrogens with two attached hydrogens (primary N) is 1. The normalized spacial score (nSPS) is 31.6. The molecule has 1 fully saturated rings. The molecular formula is C17H25NO. The van der Waals surface area contributed by atoms with Gasteiger partial charge in [0.15, 0.2) is 0 Å². The van der Waals surface area contributed by atoms with Gasteiger partial charge < -0.3 is 10.5 Å². The summed E-state index contributed by atoms with van der Waals surface area (Å²) < 4.78 is 5.57. The molecule has 1 heterocycles. The monoisotopic (exact) mass is 259 g/mol. The lowest BCUT2D eigenvalue weighted by molar-refractivity contribution is 0.193. The molecule has 104 valence electrons. The SMILES string of the molecule is CC1CC(C)CC(C(N)c2ccc3c(c2)CCO3)C1. The van der Waals surface area contributed by atoms with Gasteiger partial charge in [0.2, 0.25) is 0 Å². The minimum atomic E-state index is 0.191. The number of hydrogen-bond donors (Lipinski definition) is 1. The van der Waals surface area contributed by atoms with Crippen LogP contribution in [-0.4, -0.2) is 6.61 Å². The van der Waals surface area contributed by atoms with Crippen molar-refractivity contribution in [1.29, 1.82) is 0 Å². The van der Waals surface area contributed by atoms with Crippen LogP contribution in [-0.2, 0) is 6.42 Å². The quantitative estimate of drug-likeness (QED) is 0.879. The van der Waals surface area contributed by atoms with Crippen molar-refractivity contribution < 1.29 is 4.74 Å². The lowest BCUT2D eigenvalue weighted by Gasteiger charge is -2.35. The topological polar surface area (TPSA) is 35.2 Å².